The van der Waals surface area contributed by atoms with E-state index in [0.29, 0.717) is 19.5 Å². The molecule has 1 heterocycles. The molecule has 5 nitrogen and oxygen atoms in total. The number of carbonyl (C=O) groups is 1. The fourth-order valence-corrected chi connectivity index (χ4v) is 3.45. The molecular formula is C12H24N2O3S. The summed E-state index contributed by atoms with van der Waals surface area (Å²) in [6.07, 6.45) is 4.20. The molecule has 1 atom stereocenters. The number of amides is 1. The summed E-state index contributed by atoms with van der Waals surface area (Å²) < 4.78 is 23.5. The van der Waals surface area contributed by atoms with Gasteiger partial charge in [0.25, 0.3) is 0 Å². The number of carbonyl (C=O) groups excluding carboxylic acids is 1. The van der Waals surface area contributed by atoms with E-state index in [9.17, 15) is 13.2 Å². The number of sulfone groups is 1. The predicted molar refractivity (Wildman–Crippen MR) is 72.0 cm³/mol. The molecule has 1 fully saturated rings. The van der Waals surface area contributed by atoms with Crippen LogP contribution >= 0.6 is 0 Å². The number of nitrogens with two attached hydrogens (primary N) is 1. The Hall–Kier alpha value is -0.620. The SMILES string of the molecule is CC(N)CCCCS(=O)(=O)CC(=O)N1CCCC1. The summed E-state index contributed by atoms with van der Waals surface area (Å²) in [6, 6.07) is 0.110. The van der Waals surface area contributed by atoms with Gasteiger partial charge in [-0.25, -0.2) is 8.42 Å². The highest BCUT2D eigenvalue weighted by Crippen LogP contribution is 2.09. The molecule has 1 aliphatic heterocycles. The first-order valence-corrected chi connectivity index (χ1v) is 8.46. The lowest BCUT2D eigenvalue weighted by Gasteiger charge is -2.15. The van der Waals surface area contributed by atoms with Crippen molar-refractivity contribution in [1.82, 2.24) is 4.90 Å². The van der Waals surface area contributed by atoms with Crippen molar-refractivity contribution in [3.8, 4) is 0 Å². The van der Waals surface area contributed by atoms with Crippen LogP contribution in [0.3, 0.4) is 0 Å². The van der Waals surface area contributed by atoms with Crippen molar-refractivity contribution in [2.75, 3.05) is 24.6 Å². The molecule has 0 saturated carbocycles. The highest BCUT2D eigenvalue weighted by atomic mass is 32.2. The summed E-state index contributed by atoms with van der Waals surface area (Å²) in [5, 5.41) is 0. The summed E-state index contributed by atoms with van der Waals surface area (Å²) in [7, 11) is -3.25. The topological polar surface area (TPSA) is 80.5 Å². The van der Waals surface area contributed by atoms with E-state index in [1.165, 1.54) is 0 Å². The first-order valence-electron chi connectivity index (χ1n) is 6.64. The van der Waals surface area contributed by atoms with Crippen LogP contribution in [-0.4, -0.2) is 49.9 Å². The number of unbranched alkanes of at least 4 members (excludes halogenated alkanes) is 1. The van der Waals surface area contributed by atoms with Crippen LogP contribution in [0.5, 0.6) is 0 Å². The number of likely N-dealkylation sites (tertiary alicyclic amines) is 1. The minimum absolute atomic E-state index is 0.0965. The van der Waals surface area contributed by atoms with Crippen molar-refractivity contribution < 1.29 is 13.2 Å². The normalized spacial score (nSPS) is 18.0. The molecule has 0 aromatic heterocycles. The van der Waals surface area contributed by atoms with E-state index < -0.39 is 9.84 Å². The molecule has 0 aromatic rings. The molecule has 0 aromatic carbocycles. The van der Waals surface area contributed by atoms with Gasteiger partial charge in [0.15, 0.2) is 9.84 Å². The van der Waals surface area contributed by atoms with Crippen molar-refractivity contribution in [3.05, 3.63) is 0 Å². The molecule has 1 rings (SSSR count). The fourth-order valence-electron chi connectivity index (χ4n) is 2.11. The Morgan fingerprint density at radius 3 is 2.44 bits per heavy atom. The molecule has 0 bridgehead atoms. The van der Waals surface area contributed by atoms with Gasteiger partial charge in [0.1, 0.15) is 5.75 Å². The molecule has 1 amide bonds. The standard InChI is InChI=1S/C12H24N2O3S/c1-11(13)6-2-5-9-18(16,17)10-12(15)14-7-3-4-8-14/h11H,2-10,13H2,1H3. The molecule has 0 aliphatic carbocycles. The number of hydrogen-bond donors (Lipinski definition) is 1. The fraction of sp³-hybridized carbons (Fsp3) is 0.917. The molecule has 6 heteroatoms. The first-order chi connectivity index (χ1) is 8.41. The lowest BCUT2D eigenvalue weighted by molar-refractivity contribution is -0.127. The molecule has 2 N–H and O–H groups in total. The third kappa shape index (κ3) is 5.82. The Labute approximate surface area is 110 Å². The van der Waals surface area contributed by atoms with Gasteiger partial charge in [0.05, 0.1) is 5.75 Å². The molecule has 0 spiro atoms. The third-order valence-corrected chi connectivity index (χ3v) is 4.76. The average Bonchev–Trinajstić information content (AvgIpc) is 2.77. The van der Waals surface area contributed by atoms with Gasteiger partial charge in [-0.2, -0.15) is 0 Å². The van der Waals surface area contributed by atoms with Crippen molar-refractivity contribution in [3.63, 3.8) is 0 Å². The highest BCUT2D eigenvalue weighted by Gasteiger charge is 2.23. The lowest BCUT2D eigenvalue weighted by Crippen LogP contribution is -2.34. The van der Waals surface area contributed by atoms with Crippen LogP contribution in [0.2, 0.25) is 0 Å². The number of hydrogen-bond acceptors (Lipinski definition) is 4. The average molecular weight is 276 g/mol. The quantitative estimate of drug-likeness (QED) is 0.688. The Bertz CT molecular complexity index is 360. The largest absolute Gasteiger partial charge is 0.342 e. The highest BCUT2D eigenvalue weighted by molar-refractivity contribution is 7.92. The number of nitrogens with zero attached hydrogens (tertiary/aromatic N) is 1. The van der Waals surface area contributed by atoms with Gasteiger partial charge in [0, 0.05) is 19.1 Å². The van der Waals surface area contributed by atoms with Gasteiger partial charge in [-0.05, 0) is 32.6 Å². The van der Waals surface area contributed by atoms with Crippen LogP contribution in [-0.2, 0) is 14.6 Å². The van der Waals surface area contributed by atoms with Crippen LogP contribution < -0.4 is 5.73 Å². The van der Waals surface area contributed by atoms with E-state index in [1.54, 1.807) is 4.90 Å². The monoisotopic (exact) mass is 276 g/mol. The van der Waals surface area contributed by atoms with E-state index in [4.69, 9.17) is 5.73 Å². The molecule has 106 valence electrons. The third-order valence-electron chi connectivity index (χ3n) is 3.17. The van der Waals surface area contributed by atoms with Crippen LogP contribution in [0.25, 0.3) is 0 Å². The van der Waals surface area contributed by atoms with Crippen LogP contribution in [0.4, 0.5) is 0 Å². The zero-order chi connectivity index (χ0) is 13.6. The maximum Gasteiger partial charge on any atom is 0.237 e. The van der Waals surface area contributed by atoms with Crippen LogP contribution in [0.1, 0.15) is 39.0 Å². The van der Waals surface area contributed by atoms with Crippen molar-refractivity contribution >= 4 is 15.7 Å². The molecule has 1 saturated heterocycles. The second kappa shape index (κ2) is 7.09. The van der Waals surface area contributed by atoms with Crippen LogP contribution in [0, 0.1) is 0 Å². The Balaban J connectivity index is 2.28. The Morgan fingerprint density at radius 1 is 1.28 bits per heavy atom. The maximum absolute atomic E-state index is 11.8. The number of rotatable bonds is 7. The second-order valence-corrected chi connectivity index (χ2v) is 7.34. The maximum atomic E-state index is 11.8. The summed E-state index contributed by atoms with van der Waals surface area (Å²) in [4.78, 5) is 13.4. The smallest absolute Gasteiger partial charge is 0.237 e. The van der Waals surface area contributed by atoms with E-state index in [1.807, 2.05) is 6.92 Å². The summed E-state index contributed by atoms with van der Waals surface area (Å²) in [5.74, 6) is -0.468. The lowest BCUT2D eigenvalue weighted by atomic mass is 10.2. The van der Waals surface area contributed by atoms with E-state index in [-0.39, 0.29) is 23.5 Å². The Kier molecular flexibility index (Phi) is 6.08. The van der Waals surface area contributed by atoms with Gasteiger partial charge in [-0.1, -0.05) is 6.42 Å². The first kappa shape index (κ1) is 15.4. The van der Waals surface area contributed by atoms with E-state index in [2.05, 4.69) is 0 Å². The molecule has 1 unspecified atom stereocenters. The van der Waals surface area contributed by atoms with Crippen molar-refractivity contribution in [2.24, 2.45) is 5.73 Å². The van der Waals surface area contributed by atoms with Gasteiger partial charge >= 0.3 is 0 Å². The summed E-state index contributed by atoms with van der Waals surface area (Å²) in [5.41, 5.74) is 5.60. The molecule has 18 heavy (non-hydrogen) atoms. The minimum Gasteiger partial charge on any atom is -0.342 e. The molecule has 0 radical (unpaired) electrons. The summed E-state index contributed by atoms with van der Waals surface area (Å²) >= 11 is 0. The predicted octanol–water partition coefficient (Wildman–Crippen LogP) is 0.541. The second-order valence-electron chi connectivity index (χ2n) is 5.15. The molecule has 1 aliphatic rings. The van der Waals surface area contributed by atoms with Crippen LogP contribution in [0.15, 0.2) is 0 Å². The Morgan fingerprint density at radius 2 is 1.89 bits per heavy atom. The van der Waals surface area contributed by atoms with E-state index in [0.717, 1.165) is 25.7 Å². The van der Waals surface area contributed by atoms with Crippen molar-refractivity contribution in [2.45, 2.75) is 45.1 Å². The van der Waals surface area contributed by atoms with Crippen molar-refractivity contribution in [1.29, 1.82) is 0 Å². The summed E-state index contributed by atoms with van der Waals surface area (Å²) in [6.45, 7) is 3.32. The van der Waals surface area contributed by atoms with Gasteiger partial charge in [-0.15, -0.1) is 0 Å². The molecular weight excluding hydrogens is 252 g/mol. The minimum atomic E-state index is -3.25. The zero-order valence-corrected chi connectivity index (χ0v) is 11.9. The van der Waals surface area contributed by atoms with E-state index >= 15 is 0 Å². The van der Waals surface area contributed by atoms with Gasteiger partial charge in [0.2, 0.25) is 5.91 Å². The van der Waals surface area contributed by atoms with Gasteiger partial charge in [-0.3, -0.25) is 4.79 Å². The zero-order valence-electron chi connectivity index (χ0n) is 11.1. The van der Waals surface area contributed by atoms with Gasteiger partial charge < -0.3 is 10.6 Å².